The van der Waals surface area contributed by atoms with Gasteiger partial charge in [-0.3, -0.25) is 4.79 Å². The largest absolute Gasteiger partial charge is 0.366 e. The molecule has 6 nitrogen and oxygen atoms in total. The van der Waals surface area contributed by atoms with E-state index in [-0.39, 0.29) is 36.1 Å². The molecule has 3 aliphatic heterocycles. The number of nitrogens with zero attached hydrogens (tertiary/aromatic N) is 2. The van der Waals surface area contributed by atoms with E-state index >= 15 is 0 Å². The highest BCUT2D eigenvalue weighted by Gasteiger charge is 2.54. The Hall–Kier alpha value is -2.22. The van der Waals surface area contributed by atoms with Crippen LogP contribution in [-0.2, 0) is 16.0 Å². The molecule has 1 aromatic rings. The Bertz CT molecular complexity index is 834. The van der Waals surface area contributed by atoms with Gasteiger partial charge in [-0.05, 0) is 43.2 Å². The molecule has 1 spiro atoms. The molecule has 156 valence electrons. The first-order chi connectivity index (χ1) is 13.9. The summed E-state index contributed by atoms with van der Waals surface area (Å²) in [6, 6.07) is 3.68. The van der Waals surface area contributed by atoms with Crippen LogP contribution in [0.4, 0.5) is 13.6 Å². The number of hydrogen-bond acceptors (Lipinski definition) is 3. The molecule has 8 heteroatoms. The van der Waals surface area contributed by atoms with Crippen LogP contribution < -0.4 is 5.32 Å². The minimum atomic E-state index is -0.548. The van der Waals surface area contributed by atoms with E-state index in [9.17, 15) is 18.4 Å². The number of urea groups is 1. The first-order valence-corrected chi connectivity index (χ1v) is 10.3. The number of hydrogen-bond donors (Lipinski definition) is 1. The van der Waals surface area contributed by atoms with E-state index < -0.39 is 11.6 Å². The summed E-state index contributed by atoms with van der Waals surface area (Å²) < 4.78 is 32.4. The molecule has 1 aliphatic carbocycles. The molecule has 5 rings (SSSR count). The lowest BCUT2D eigenvalue weighted by Gasteiger charge is -2.60. The van der Waals surface area contributed by atoms with Crippen molar-refractivity contribution in [3.8, 4) is 0 Å². The molecule has 0 radical (unpaired) electrons. The van der Waals surface area contributed by atoms with Gasteiger partial charge >= 0.3 is 6.03 Å². The van der Waals surface area contributed by atoms with Gasteiger partial charge < -0.3 is 19.9 Å². The van der Waals surface area contributed by atoms with E-state index in [1.165, 1.54) is 12.1 Å². The highest BCUT2D eigenvalue weighted by atomic mass is 19.1. The summed E-state index contributed by atoms with van der Waals surface area (Å²) in [5, 5.41) is 2.92. The quantitative estimate of drug-likeness (QED) is 0.818. The van der Waals surface area contributed by atoms with Crippen LogP contribution in [0.15, 0.2) is 18.2 Å². The van der Waals surface area contributed by atoms with Gasteiger partial charge in [0.25, 0.3) is 0 Å². The monoisotopic (exact) mass is 405 g/mol. The number of morpholine rings is 1. The number of fused-ring (bicyclic) bond motifs is 1. The van der Waals surface area contributed by atoms with Gasteiger partial charge in [-0.25, -0.2) is 13.6 Å². The van der Waals surface area contributed by atoms with Crippen LogP contribution in [0.2, 0.25) is 0 Å². The standard InChI is InChI=1S/C21H25F2N3O3/c22-15-2-1-14(16(23)6-15)5-13-7-21(8-13)11-26(12-21)20(28)25-4-3-18-17(9-25)24-19(27)10-29-18/h1-2,6,13,17-18H,3-5,7-12H2,(H,24,27)/t17-,18-/m1/s1. The molecule has 0 aromatic heterocycles. The van der Waals surface area contributed by atoms with Crippen molar-refractivity contribution in [3.05, 3.63) is 35.4 Å². The lowest BCUT2D eigenvalue weighted by atomic mass is 9.56. The molecule has 3 saturated heterocycles. The Morgan fingerprint density at radius 2 is 2.03 bits per heavy atom. The summed E-state index contributed by atoms with van der Waals surface area (Å²) in [5.41, 5.74) is 0.732. The average Bonchev–Trinajstić information content (AvgIpc) is 2.63. The lowest BCUT2D eigenvalue weighted by molar-refractivity contribution is -0.140. The molecule has 1 N–H and O–H groups in total. The minimum Gasteiger partial charge on any atom is -0.366 e. The Labute approximate surface area is 168 Å². The Morgan fingerprint density at radius 3 is 2.79 bits per heavy atom. The van der Waals surface area contributed by atoms with E-state index in [1.807, 2.05) is 9.80 Å². The first kappa shape index (κ1) is 18.8. The van der Waals surface area contributed by atoms with Crippen LogP contribution >= 0.6 is 0 Å². The van der Waals surface area contributed by atoms with E-state index in [1.54, 1.807) is 0 Å². The lowest BCUT2D eigenvalue weighted by Crippen LogP contribution is -2.68. The second kappa shape index (κ2) is 6.93. The fraction of sp³-hybridized carbons (Fsp3) is 0.619. The van der Waals surface area contributed by atoms with Crippen molar-refractivity contribution in [1.82, 2.24) is 15.1 Å². The van der Waals surface area contributed by atoms with Crippen molar-refractivity contribution in [1.29, 1.82) is 0 Å². The van der Waals surface area contributed by atoms with Gasteiger partial charge in [-0.15, -0.1) is 0 Å². The minimum absolute atomic E-state index is 0.00118. The summed E-state index contributed by atoms with van der Waals surface area (Å²) in [5.74, 6) is -0.759. The molecule has 1 saturated carbocycles. The Balaban J connectivity index is 1.10. The van der Waals surface area contributed by atoms with Crippen molar-refractivity contribution in [2.24, 2.45) is 11.3 Å². The number of nitrogens with one attached hydrogen (secondary N) is 1. The van der Waals surface area contributed by atoms with Crippen molar-refractivity contribution < 1.29 is 23.1 Å². The molecular weight excluding hydrogens is 380 g/mol. The molecule has 3 amide bonds. The van der Waals surface area contributed by atoms with Gasteiger partial charge in [0.05, 0.1) is 12.1 Å². The predicted octanol–water partition coefficient (Wildman–Crippen LogP) is 1.93. The van der Waals surface area contributed by atoms with Gasteiger partial charge in [-0.2, -0.15) is 0 Å². The number of halogens is 2. The number of likely N-dealkylation sites (tertiary alicyclic amines) is 2. The number of piperidine rings is 1. The third-order valence-corrected chi connectivity index (χ3v) is 6.88. The number of ether oxygens (including phenoxy) is 1. The SMILES string of the molecule is O=C1CO[C@@H]2CCN(C(=O)N3CC4(CC(Cc5ccc(F)cc5F)C4)C3)C[C@H]2N1. The zero-order valence-corrected chi connectivity index (χ0v) is 16.2. The van der Waals surface area contributed by atoms with Crippen molar-refractivity contribution in [3.63, 3.8) is 0 Å². The van der Waals surface area contributed by atoms with Gasteiger partial charge in [-0.1, -0.05) is 6.07 Å². The topological polar surface area (TPSA) is 61.9 Å². The summed E-state index contributed by atoms with van der Waals surface area (Å²) in [7, 11) is 0. The Morgan fingerprint density at radius 1 is 1.24 bits per heavy atom. The Kier molecular flexibility index (Phi) is 4.49. The molecule has 0 unspecified atom stereocenters. The molecule has 1 aromatic carbocycles. The average molecular weight is 405 g/mol. The van der Waals surface area contributed by atoms with Gasteiger partial charge in [0, 0.05) is 37.7 Å². The fourth-order valence-electron chi connectivity index (χ4n) is 5.54. The van der Waals surface area contributed by atoms with Crippen molar-refractivity contribution in [2.45, 2.75) is 37.8 Å². The maximum Gasteiger partial charge on any atom is 0.320 e. The smallest absolute Gasteiger partial charge is 0.320 e. The second-order valence-corrected chi connectivity index (χ2v) is 9.11. The summed E-state index contributed by atoms with van der Waals surface area (Å²) in [6.07, 6.45) is 3.31. The van der Waals surface area contributed by atoms with E-state index in [0.717, 1.165) is 38.4 Å². The number of rotatable bonds is 2. The predicted molar refractivity (Wildman–Crippen MR) is 100 cm³/mol. The molecule has 29 heavy (non-hydrogen) atoms. The normalized spacial score (nSPS) is 28.4. The highest BCUT2D eigenvalue weighted by molar-refractivity contribution is 5.79. The summed E-state index contributed by atoms with van der Waals surface area (Å²) in [6.45, 7) is 2.72. The van der Waals surface area contributed by atoms with E-state index in [4.69, 9.17) is 4.74 Å². The van der Waals surface area contributed by atoms with Crippen molar-refractivity contribution >= 4 is 11.9 Å². The zero-order valence-electron chi connectivity index (χ0n) is 16.2. The fourth-order valence-corrected chi connectivity index (χ4v) is 5.54. The van der Waals surface area contributed by atoms with E-state index in [0.29, 0.717) is 31.0 Å². The van der Waals surface area contributed by atoms with Crippen LogP contribution in [-0.4, -0.2) is 66.7 Å². The maximum absolute atomic E-state index is 13.8. The third kappa shape index (κ3) is 3.47. The van der Waals surface area contributed by atoms with E-state index in [2.05, 4.69) is 5.32 Å². The highest BCUT2D eigenvalue weighted by Crippen LogP contribution is 2.53. The molecule has 0 bridgehead atoms. The first-order valence-electron chi connectivity index (χ1n) is 10.3. The number of carbonyl (C=O) groups excluding carboxylic acids is 2. The second-order valence-electron chi connectivity index (χ2n) is 9.11. The van der Waals surface area contributed by atoms with Crippen LogP contribution in [0.5, 0.6) is 0 Å². The van der Waals surface area contributed by atoms with Crippen LogP contribution in [0.1, 0.15) is 24.8 Å². The number of amides is 3. The molecule has 3 heterocycles. The third-order valence-electron chi connectivity index (χ3n) is 6.88. The summed E-state index contributed by atoms with van der Waals surface area (Å²) >= 11 is 0. The maximum atomic E-state index is 13.8. The summed E-state index contributed by atoms with van der Waals surface area (Å²) in [4.78, 5) is 28.0. The van der Waals surface area contributed by atoms with Crippen LogP contribution in [0, 0.1) is 23.0 Å². The zero-order chi connectivity index (χ0) is 20.2. The number of carbonyl (C=O) groups is 2. The van der Waals surface area contributed by atoms with Gasteiger partial charge in [0.2, 0.25) is 5.91 Å². The van der Waals surface area contributed by atoms with Crippen LogP contribution in [0.25, 0.3) is 0 Å². The molecule has 4 aliphatic rings. The van der Waals surface area contributed by atoms with Crippen molar-refractivity contribution in [2.75, 3.05) is 32.8 Å². The van der Waals surface area contributed by atoms with Gasteiger partial charge in [0.1, 0.15) is 18.2 Å². The van der Waals surface area contributed by atoms with Crippen LogP contribution in [0.3, 0.4) is 0 Å². The molecule has 4 fully saturated rings. The molecular formula is C21H25F2N3O3. The van der Waals surface area contributed by atoms with Gasteiger partial charge in [0.15, 0.2) is 0 Å². The number of benzene rings is 1. The molecule has 2 atom stereocenters.